The van der Waals surface area contributed by atoms with Crippen LogP contribution in [0.3, 0.4) is 0 Å². The Balaban J connectivity index is 1.79. The third kappa shape index (κ3) is 2.25. The molecule has 2 unspecified atom stereocenters. The molecule has 0 fully saturated rings. The monoisotopic (exact) mass is 327 g/mol. The van der Waals surface area contributed by atoms with Gasteiger partial charge in [-0.15, -0.1) is 0 Å². The van der Waals surface area contributed by atoms with Crippen LogP contribution in [0.2, 0.25) is 0 Å². The third-order valence-corrected chi connectivity index (χ3v) is 4.85. The van der Waals surface area contributed by atoms with Crippen LogP contribution in [0, 0.1) is 0 Å². The van der Waals surface area contributed by atoms with Crippen molar-refractivity contribution in [3.8, 4) is 11.1 Å². The molecule has 0 bridgehead atoms. The molecular formula is C20H16F3N. The summed E-state index contributed by atoms with van der Waals surface area (Å²) in [7, 11) is 0. The van der Waals surface area contributed by atoms with Crippen LogP contribution in [0.15, 0.2) is 66.8 Å². The molecule has 4 rings (SSSR count). The van der Waals surface area contributed by atoms with E-state index in [1.807, 2.05) is 24.3 Å². The van der Waals surface area contributed by atoms with Gasteiger partial charge in [-0.3, -0.25) is 0 Å². The van der Waals surface area contributed by atoms with Gasteiger partial charge in [-0.2, -0.15) is 13.2 Å². The molecule has 122 valence electrons. The van der Waals surface area contributed by atoms with E-state index in [1.54, 1.807) is 0 Å². The number of allylic oxidation sites excluding steroid dienone is 2. The normalized spacial score (nSPS) is 24.4. The minimum atomic E-state index is -4.31. The van der Waals surface area contributed by atoms with Gasteiger partial charge in [-0.25, -0.2) is 0 Å². The summed E-state index contributed by atoms with van der Waals surface area (Å²) in [4.78, 5) is 0. The van der Waals surface area contributed by atoms with Crippen molar-refractivity contribution >= 4 is 5.69 Å². The van der Waals surface area contributed by atoms with Crippen molar-refractivity contribution in [1.29, 1.82) is 0 Å². The summed E-state index contributed by atoms with van der Waals surface area (Å²) in [5.74, 6) is 0.229. The summed E-state index contributed by atoms with van der Waals surface area (Å²) in [6.45, 7) is 2.13. The molecule has 0 radical (unpaired) electrons. The van der Waals surface area contributed by atoms with E-state index < -0.39 is 11.7 Å². The van der Waals surface area contributed by atoms with Crippen molar-refractivity contribution in [2.45, 2.75) is 24.6 Å². The quantitative estimate of drug-likeness (QED) is 0.701. The Morgan fingerprint density at radius 3 is 2.46 bits per heavy atom. The van der Waals surface area contributed by atoms with E-state index in [-0.39, 0.29) is 11.5 Å². The minimum Gasteiger partial charge on any atom is -0.375 e. The van der Waals surface area contributed by atoms with Crippen molar-refractivity contribution in [3.63, 3.8) is 0 Å². The number of rotatable bonds is 1. The summed E-state index contributed by atoms with van der Waals surface area (Å²) in [6.07, 6.45) is 4.04. The smallest absolute Gasteiger partial charge is 0.375 e. The number of anilines is 1. The third-order valence-electron chi connectivity index (χ3n) is 4.85. The van der Waals surface area contributed by atoms with E-state index in [9.17, 15) is 13.2 Å². The Morgan fingerprint density at radius 2 is 1.75 bits per heavy atom. The Labute approximate surface area is 138 Å². The molecule has 1 N–H and O–H groups in total. The fraction of sp³-hybridized carbons (Fsp3) is 0.200. The molecule has 24 heavy (non-hydrogen) atoms. The van der Waals surface area contributed by atoms with Crippen molar-refractivity contribution in [1.82, 2.24) is 0 Å². The number of hydrogen-bond acceptors (Lipinski definition) is 1. The highest BCUT2D eigenvalue weighted by molar-refractivity contribution is 5.84. The van der Waals surface area contributed by atoms with Crippen LogP contribution in [0.5, 0.6) is 0 Å². The fourth-order valence-electron chi connectivity index (χ4n) is 3.60. The molecule has 2 atom stereocenters. The second kappa shape index (κ2) is 5.00. The molecule has 1 aliphatic heterocycles. The van der Waals surface area contributed by atoms with Gasteiger partial charge in [-0.05, 0) is 30.2 Å². The van der Waals surface area contributed by atoms with Crippen LogP contribution in [0.1, 0.15) is 24.0 Å². The standard InChI is InChI=1S/C20H16F3N/c1-19-12-3-2-7-17(19)16-6-4-5-15(18(16)24-19)13-8-10-14(11-9-13)20(21,22)23/h2-12,17,24H,1H3. The van der Waals surface area contributed by atoms with E-state index >= 15 is 0 Å². The maximum atomic E-state index is 12.8. The highest BCUT2D eigenvalue weighted by Gasteiger charge is 2.40. The highest BCUT2D eigenvalue weighted by Crippen LogP contribution is 2.49. The predicted molar refractivity (Wildman–Crippen MR) is 89.9 cm³/mol. The van der Waals surface area contributed by atoms with Gasteiger partial charge in [0.2, 0.25) is 0 Å². The largest absolute Gasteiger partial charge is 0.416 e. The van der Waals surface area contributed by atoms with Crippen LogP contribution in [-0.4, -0.2) is 5.54 Å². The number of fused-ring (bicyclic) bond motifs is 3. The van der Waals surface area contributed by atoms with Crippen molar-refractivity contribution in [2.75, 3.05) is 5.32 Å². The molecule has 0 saturated carbocycles. The van der Waals surface area contributed by atoms with Gasteiger partial charge < -0.3 is 5.32 Å². The predicted octanol–water partition coefficient (Wildman–Crippen LogP) is 5.77. The minimum absolute atomic E-state index is 0.195. The molecule has 2 aromatic carbocycles. The van der Waals surface area contributed by atoms with Gasteiger partial charge in [0.15, 0.2) is 0 Å². The van der Waals surface area contributed by atoms with E-state index in [1.165, 1.54) is 17.7 Å². The van der Waals surface area contributed by atoms with Gasteiger partial charge in [-0.1, -0.05) is 54.6 Å². The molecular weight excluding hydrogens is 311 g/mol. The topological polar surface area (TPSA) is 12.0 Å². The Bertz CT molecular complexity index is 846. The van der Waals surface area contributed by atoms with Gasteiger partial charge in [0.1, 0.15) is 0 Å². The molecule has 0 aromatic heterocycles. The number of hydrogen-bond donors (Lipinski definition) is 1. The number of benzene rings is 2. The van der Waals surface area contributed by atoms with E-state index in [2.05, 4.69) is 30.5 Å². The first-order chi connectivity index (χ1) is 11.4. The van der Waals surface area contributed by atoms with Crippen molar-refractivity contribution in [3.05, 3.63) is 77.9 Å². The number of nitrogens with one attached hydrogen (secondary N) is 1. The number of halogens is 3. The first-order valence-electron chi connectivity index (χ1n) is 7.83. The average Bonchev–Trinajstić information content (AvgIpc) is 2.86. The number of alkyl halides is 3. The molecule has 1 nitrogen and oxygen atoms in total. The first kappa shape index (κ1) is 15.1. The maximum Gasteiger partial charge on any atom is 0.416 e. The summed E-state index contributed by atoms with van der Waals surface area (Å²) in [5, 5.41) is 3.56. The lowest BCUT2D eigenvalue weighted by molar-refractivity contribution is -0.137. The van der Waals surface area contributed by atoms with Crippen LogP contribution >= 0.6 is 0 Å². The number of para-hydroxylation sites is 1. The van der Waals surface area contributed by atoms with E-state index in [0.29, 0.717) is 0 Å². The fourth-order valence-corrected chi connectivity index (χ4v) is 3.60. The van der Waals surface area contributed by atoms with Gasteiger partial charge in [0, 0.05) is 17.2 Å². The average molecular weight is 327 g/mol. The lowest BCUT2D eigenvalue weighted by Crippen LogP contribution is -2.33. The summed E-state index contributed by atoms with van der Waals surface area (Å²) in [5.41, 5.74) is 3.06. The Kier molecular flexibility index (Phi) is 3.14. The highest BCUT2D eigenvalue weighted by atomic mass is 19.4. The summed E-state index contributed by atoms with van der Waals surface area (Å²) in [6, 6.07) is 11.3. The summed E-state index contributed by atoms with van der Waals surface area (Å²) >= 11 is 0. The van der Waals surface area contributed by atoms with Gasteiger partial charge in [0.25, 0.3) is 0 Å². The van der Waals surface area contributed by atoms with Crippen LogP contribution in [-0.2, 0) is 6.18 Å². The Morgan fingerprint density at radius 1 is 1.00 bits per heavy atom. The first-order valence-corrected chi connectivity index (χ1v) is 7.83. The zero-order chi connectivity index (χ0) is 16.9. The SMILES string of the molecule is CC12C=CC=CC1c1cccc(-c3ccc(C(F)(F)F)cc3)c1N2. The molecule has 0 saturated heterocycles. The van der Waals surface area contributed by atoms with E-state index in [4.69, 9.17) is 0 Å². The van der Waals surface area contributed by atoms with Crippen molar-refractivity contribution < 1.29 is 13.2 Å². The van der Waals surface area contributed by atoms with Crippen molar-refractivity contribution in [2.24, 2.45) is 0 Å². The molecule has 2 aromatic rings. The molecule has 1 aliphatic carbocycles. The van der Waals surface area contributed by atoms with Crippen LogP contribution in [0.4, 0.5) is 18.9 Å². The van der Waals surface area contributed by atoms with E-state index in [0.717, 1.165) is 28.9 Å². The molecule has 0 spiro atoms. The van der Waals surface area contributed by atoms with Gasteiger partial charge in [0.05, 0.1) is 11.1 Å². The van der Waals surface area contributed by atoms with Gasteiger partial charge >= 0.3 is 6.18 Å². The molecule has 4 heteroatoms. The Hall–Kier alpha value is -2.49. The second-order valence-corrected chi connectivity index (χ2v) is 6.47. The lowest BCUT2D eigenvalue weighted by Gasteiger charge is -2.29. The lowest BCUT2D eigenvalue weighted by atomic mass is 9.81. The van der Waals surface area contributed by atoms with Crippen LogP contribution in [0.25, 0.3) is 11.1 Å². The maximum absolute atomic E-state index is 12.8. The molecule has 1 heterocycles. The zero-order valence-electron chi connectivity index (χ0n) is 13.1. The summed E-state index contributed by atoms with van der Waals surface area (Å²) < 4.78 is 38.3. The molecule has 2 aliphatic rings. The molecule has 0 amide bonds. The second-order valence-electron chi connectivity index (χ2n) is 6.47. The zero-order valence-corrected chi connectivity index (χ0v) is 13.1. The van der Waals surface area contributed by atoms with Crippen LogP contribution < -0.4 is 5.32 Å².